The predicted octanol–water partition coefficient (Wildman–Crippen LogP) is 4.80. The first-order chi connectivity index (χ1) is 10.2. The van der Waals surface area contributed by atoms with Crippen molar-refractivity contribution >= 4 is 22.5 Å². The second kappa shape index (κ2) is 6.76. The van der Waals surface area contributed by atoms with Crippen molar-refractivity contribution in [2.45, 2.75) is 39.2 Å². The molecule has 0 aliphatic heterocycles. The fraction of sp³-hybridized carbons (Fsp3) is 0.500. The number of nitrogens with zero attached hydrogens (tertiary/aromatic N) is 1. The molecule has 0 saturated heterocycles. The number of benzene rings is 1. The predicted molar refractivity (Wildman–Crippen MR) is 89.6 cm³/mol. The molecular weight excluding hydrogens is 280 g/mol. The van der Waals surface area contributed by atoms with Gasteiger partial charge in [-0.2, -0.15) is 0 Å². The molecule has 2 nitrogen and oxygen atoms in total. The van der Waals surface area contributed by atoms with Gasteiger partial charge in [-0.25, -0.2) is 0 Å². The van der Waals surface area contributed by atoms with Crippen LogP contribution in [0.3, 0.4) is 0 Å². The van der Waals surface area contributed by atoms with Crippen molar-refractivity contribution in [2.75, 3.05) is 6.54 Å². The molecule has 3 rings (SSSR count). The molecular formula is C18H23ClN2. The van der Waals surface area contributed by atoms with Gasteiger partial charge in [0.1, 0.15) is 0 Å². The largest absolute Gasteiger partial charge is 0.312 e. The van der Waals surface area contributed by atoms with Crippen LogP contribution in [0.2, 0.25) is 5.02 Å². The summed E-state index contributed by atoms with van der Waals surface area (Å²) >= 11 is 6.24. The third kappa shape index (κ3) is 3.56. The summed E-state index contributed by atoms with van der Waals surface area (Å²) in [5.74, 6) is 1.76. The van der Waals surface area contributed by atoms with Crippen LogP contribution < -0.4 is 5.32 Å². The monoisotopic (exact) mass is 302 g/mol. The Balaban J connectivity index is 1.62. The van der Waals surface area contributed by atoms with Gasteiger partial charge in [-0.05, 0) is 55.0 Å². The molecule has 0 bridgehead atoms. The Morgan fingerprint density at radius 1 is 1.19 bits per heavy atom. The fourth-order valence-corrected chi connectivity index (χ4v) is 3.50. The zero-order valence-electron chi connectivity index (χ0n) is 12.6. The van der Waals surface area contributed by atoms with Gasteiger partial charge in [0.25, 0.3) is 0 Å². The van der Waals surface area contributed by atoms with Gasteiger partial charge in [0.15, 0.2) is 0 Å². The standard InChI is InChI=1S/C18H23ClN2/c1-13-4-6-14(7-5-13)11-20-12-15-8-9-17(19)16-3-2-10-21-18(15)16/h2-3,8-10,13-14,20H,4-7,11-12H2,1H3. The van der Waals surface area contributed by atoms with Gasteiger partial charge >= 0.3 is 0 Å². The first-order valence-corrected chi connectivity index (χ1v) is 8.34. The molecule has 21 heavy (non-hydrogen) atoms. The molecule has 0 radical (unpaired) electrons. The quantitative estimate of drug-likeness (QED) is 0.877. The number of fused-ring (bicyclic) bond motifs is 1. The van der Waals surface area contributed by atoms with E-state index in [-0.39, 0.29) is 0 Å². The summed E-state index contributed by atoms with van der Waals surface area (Å²) in [5, 5.41) is 5.44. The van der Waals surface area contributed by atoms with Crippen LogP contribution >= 0.6 is 11.6 Å². The minimum absolute atomic E-state index is 0.781. The van der Waals surface area contributed by atoms with Crippen LogP contribution in [0.15, 0.2) is 30.5 Å². The maximum atomic E-state index is 6.24. The highest BCUT2D eigenvalue weighted by Gasteiger charge is 2.17. The van der Waals surface area contributed by atoms with Crippen LogP contribution in [0.5, 0.6) is 0 Å². The Bertz CT molecular complexity index is 603. The van der Waals surface area contributed by atoms with Gasteiger partial charge in [-0.3, -0.25) is 4.98 Å². The van der Waals surface area contributed by atoms with Crippen LogP contribution in [0.1, 0.15) is 38.2 Å². The highest BCUT2D eigenvalue weighted by molar-refractivity contribution is 6.35. The summed E-state index contributed by atoms with van der Waals surface area (Å²) in [6.45, 7) is 4.36. The minimum Gasteiger partial charge on any atom is -0.312 e. The van der Waals surface area contributed by atoms with Crippen molar-refractivity contribution in [2.24, 2.45) is 11.8 Å². The summed E-state index contributed by atoms with van der Waals surface area (Å²) in [6, 6.07) is 8.05. The molecule has 1 N–H and O–H groups in total. The molecule has 1 heterocycles. The number of hydrogen-bond acceptors (Lipinski definition) is 2. The first kappa shape index (κ1) is 14.8. The van der Waals surface area contributed by atoms with E-state index in [0.29, 0.717) is 0 Å². The normalized spacial score (nSPS) is 22.6. The summed E-state index contributed by atoms with van der Waals surface area (Å²) in [5.41, 5.74) is 2.26. The molecule has 1 aliphatic carbocycles. The van der Waals surface area contributed by atoms with Gasteiger partial charge in [0.2, 0.25) is 0 Å². The number of aromatic nitrogens is 1. The molecule has 0 atom stereocenters. The van der Waals surface area contributed by atoms with E-state index in [1.54, 1.807) is 0 Å². The topological polar surface area (TPSA) is 24.9 Å². The Hall–Kier alpha value is -1.12. The summed E-state index contributed by atoms with van der Waals surface area (Å²) in [6.07, 6.45) is 7.35. The summed E-state index contributed by atoms with van der Waals surface area (Å²) in [7, 11) is 0. The van der Waals surface area contributed by atoms with E-state index in [1.165, 1.54) is 31.2 Å². The van der Waals surface area contributed by atoms with Crippen LogP contribution in [0, 0.1) is 11.8 Å². The summed E-state index contributed by atoms with van der Waals surface area (Å²) < 4.78 is 0. The van der Waals surface area contributed by atoms with Gasteiger partial charge in [-0.1, -0.05) is 37.4 Å². The zero-order chi connectivity index (χ0) is 14.7. The molecule has 1 fully saturated rings. The number of hydrogen-bond donors (Lipinski definition) is 1. The van der Waals surface area contributed by atoms with E-state index in [9.17, 15) is 0 Å². The van der Waals surface area contributed by atoms with Crippen LogP contribution in [0.4, 0.5) is 0 Å². The van der Waals surface area contributed by atoms with Gasteiger partial charge in [0, 0.05) is 23.2 Å². The molecule has 0 amide bonds. The van der Waals surface area contributed by atoms with E-state index in [4.69, 9.17) is 11.6 Å². The Morgan fingerprint density at radius 2 is 2.00 bits per heavy atom. The van der Waals surface area contributed by atoms with E-state index in [2.05, 4.69) is 23.3 Å². The number of pyridine rings is 1. The maximum absolute atomic E-state index is 6.24. The first-order valence-electron chi connectivity index (χ1n) is 7.97. The molecule has 0 spiro atoms. The van der Waals surface area contributed by atoms with Gasteiger partial charge in [0.05, 0.1) is 5.52 Å². The van der Waals surface area contributed by atoms with Crippen molar-refractivity contribution in [1.82, 2.24) is 10.3 Å². The third-order valence-corrected chi connectivity index (χ3v) is 5.01. The van der Waals surface area contributed by atoms with Crippen molar-refractivity contribution < 1.29 is 0 Å². The number of halogens is 1. The van der Waals surface area contributed by atoms with Gasteiger partial charge in [-0.15, -0.1) is 0 Å². The highest BCUT2D eigenvalue weighted by Crippen LogP contribution is 2.28. The molecule has 0 unspecified atom stereocenters. The average Bonchev–Trinajstić information content (AvgIpc) is 2.52. The van der Waals surface area contributed by atoms with E-state index in [0.717, 1.165) is 40.9 Å². The fourth-order valence-electron chi connectivity index (χ4n) is 3.28. The Labute approximate surface area is 131 Å². The lowest BCUT2D eigenvalue weighted by Crippen LogP contribution is -2.25. The smallest absolute Gasteiger partial charge is 0.0761 e. The highest BCUT2D eigenvalue weighted by atomic mass is 35.5. The molecule has 112 valence electrons. The SMILES string of the molecule is CC1CCC(CNCc2ccc(Cl)c3cccnc23)CC1. The zero-order valence-corrected chi connectivity index (χ0v) is 13.4. The molecule has 3 heteroatoms. The molecule has 1 saturated carbocycles. The van der Waals surface area contributed by atoms with Crippen LogP contribution in [-0.2, 0) is 6.54 Å². The van der Waals surface area contributed by atoms with Crippen molar-refractivity contribution in [1.29, 1.82) is 0 Å². The average molecular weight is 303 g/mol. The van der Waals surface area contributed by atoms with Crippen molar-refractivity contribution in [3.63, 3.8) is 0 Å². The Kier molecular flexibility index (Phi) is 4.77. The number of nitrogens with one attached hydrogen (secondary N) is 1. The maximum Gasteiger partial charge on any atom is 0.0761 e. The van der Waals surface area contributed by atoms with E-state index < -0.39 is 0 Å². The lowest BCUT2D eigenvalue weighted by molar-refractivity contribution is 0.281. The van der Waals surface area contributed by atoms with Crippen molar-refractivity contribution in [3.05, 3.63) is 41.0 Å². The third-order valence-electron chi connectivity index (χ3n) is 4.68. The molecule has 1 aromatic heterocycles. The lowest BCUT2D eigenvalue weighted by atomic mass is 9.83. The minimum atomic E-state index is 0.781. The number of rotatable bonds is 4. The van der Waals surface area contributed by atoms with E-state index in [1.807, 2.05) is 24.4 Å². The van der Waals surface area contributed by atoms with Crippen LogP contribution in [-0.4, -0.2) is 11.5 Å². The molecule has 2 aromatic rings. The van der Waals surface area contributed by atoms with Crippen molar-refractivity contribution in [3.8, 4) is 0 Å². The second-order valence-electron chi connectivity index (χ2n) is 6.36. The second-order valence-corrected chi connectivity index (χ2v) is 6.77. The molecule has 1 aliphatic rings. The van der Waals surface area contributed by atoms with Crippen LogP contribution in [0.25, 0.3) is 10.9 Å². The lowest BCUT2D eigenvalue weighted by Gasteiger charge is -2.26. The Morgan fingerprint density at radius 3 is 2.81 bits per heavy atom. The summed E-state index contributed by atoms with van der Waals surface area (Å²) in [4.78, 5) is 4.49. The van der Waals surface area contributed by atoms with Gasteiger partial charge < -0.3 is 5.32 Å². The van der Waals surface area contributed by atoms with E-state index >= 15 is 0 Å². The molecule has 1 aromatic carbocycles.